The highest BCUT2D eigenvalue weighted by atomic mass is 32.2. The molecule has 0 fully saturated rings. The zero-order chi connectivity index (χ0) is 18.2. The van der Waals surface area contributed by atoms with Gasteiger partial charge in [-0.3, -0.25) is 4.18 Å². The van der Waals surface area contributed by atoms with Crippen LogP contribution in [0, 0.1) is 12.8 Å². The van der Waals surface area contributed by atoms with Crippen molar-refractivity contribution < 1.29 is 25.8 Å². The summed E-state index contributed by atoms with van der Waals surface area (Å²) < 4.78 is 67.8. The molecule has 1 atom stereocenters. The molecule has 3 nitrogen and oxygen atoms in total. The van der Waals surface area contributed by atoms with Crippen LogP contribution in [-0.2, 0) is 14.3 Å². The maximum absolute atomic E-state index is 13.0. The average Bonchev–Trinajstić information content (AvgIpc) is 2.49. The summed E-state index contributed by atoms with van der Waals surface area (Å²) in [6.45, 7) is 3.34. The van der Waals surface area contributed by atoms with Crippen LogP contribution in [0.2, 0.25) is 0 Å². The number of aryl methyl sites for hydroxylation is 1. The Morgan fingerprint density at radius 3 is 2.21 bits per heavy atom. The van der Waals surface area contributed by atoms with Crippen LogP contribution >= 0.6 is 0 Å². The molecule has 0 aromatic heterocycles. The van der Waals surface area contributed by atoms with E-state index in [9.17, 15) is 21.6 Å². The quantitative estimate of drug-likeness (QED) is 0.420. The van der Waals surface area contributed by atoms with E-state index in [1.165, 1.54) is 12.1 Å². The molecule has 0 aliphatic carbocycles. The third-order valence-corrected chi connectivity index (χ3v) is 5.21. The summed E-state index contributed by atoms with van der Waals surface area (Å²) in [6, 6.07) is 6.00. The van der Waals surface area contributed by atoms with E-state index in [1.54, 1.807) is 12.1 Å². The molecule has 0 radical (unpaired) electrons. The Labute approximate surface area is 142 Å². The summed E-state index contributed by atoms with van der Waals surface area (Å²) in [5.41, 5.74) is 0.887. The van der Waals surface area contributed by atoms with Gasteiger partial charge in [0.25, 0.3) is 10.1 Å². The molecule has 138 valence electrons. The molecule has 0 saturated heterocycles. The van der Waals surface area contributed by atoms with Crippen LogP contribution in [-0.4, -0.2) is 21.2 Å². The smallest absolute Gasteiger partial charge is 0.266 e. The Morgan fingerprint density at radius 1 is 1.04 bits per heavy atom. The molecule has 0 heterocycles. The molecule has 0 N–H and O–H groups in total. The van der Waals surface area contributed by atoms with E-state index in [2.05, 4.69) is 0 Å². The number of benzene rings is 1. The molecule has 1 aromatic rings. The van der Waals surface area contributed by atoms with Crippen molar-refractivity contribution in [3.8, 4) is 0 Å². The van der Waals surface area contributed by atoms with Gasteiger partial charge in [-0.25, -0.2) is 0 Å². The van der Waals surface area contributed by atoms with E-state index in [4.69, 9.17) is 4.18 Å². The van der Waals surface area contributed by atoms with Crippen molar-refractivity contribution in [3.63, 3.8) is 0 Å². The number of halogens is 3. The van der Waals surface area contributed by atoms with E-state index in [1.807, 2.05) is 13.8 Å². The predicted octanol–water partition coefficient (Wildman–Crippen LogP) is 5.24. The van der Waals surface area contributed by atoms with Crippen LogP contribution < -0.4 is 0 Å². The second-order valence-electron chi connectivity index (χ2n) is 5.97. The van der Waals surface area contributed by atoms with E-state index in [-0.39, 0.29) is 17.7 Å². The third-order valence-electron chi connectivity index (χ3n) is 3.88. The maximum atomic E-state index is 13.0. The standard InChI is InChI=1S/C17H25F3O3S/c1-3-4-5-6-7-15(17(18,19)20)12-13-23-24(21,22)16-10-8-14(2)9-11-16/h8-11,15H,3-7,12-13H2,1-2H3. The summed E-state index contributed by atoms with van der Waals surface area (Å²) >= 11 is 0. The van der Waals surface area contributed by atoms with Crippen LogP contribution in [0.25, 0.3) is 0 Å². The molecule has 0 aliphatic heterocycles. The van der Waals surface area contributed by atoms with Gasteiger partial charge in [-0.05, 0) is 31.9 Å². The van der Waals surface area contributed by atoms with Gasteiger partial charge in [0.2, 0.25) is 0 Å². The molecule has 0 saturated carbocycles. The topological polar surface area (TPSA) is 43.4 Å². The second kappa shape index (κ2) is 9.42. The first-order valence-electron chi connectivity index (χ1n) is 8.19. The minimum absolute atomic E-state index is 0.0113. The van der Waals surface area contributed by atoms with Crippen molar-refractivity contribution in [2.75, 3.05) is 6.61 Å². The molecular formula is C17H25F3O3S. The molecule has 0 spiro atoms. The van der Waals surface area contributed by atoms with E-state index < -0.39 is 28.8 Å². The van der Waals surface area contributed by atoms with Gasteiger partial charge in [0.15, 0.2) is 0 Å². The van der Waals surface area contributed by atoms with Gasteiger partial charge in [-0.2, -0.15) is 21.6 Å². The lowest BCUT2D eigenvalue weighted by Crippen LogP contribution is -2.25. The lowest BCUT2D eigenvalue weighted by Gasteiger charge is -2.20. The van der Waals surface area contributed by atoms with Crippen LogP contribution in [0.15, 0.2) is 29.2 Å². The fraction of sp³-hybridized carbons (Fsp3) is 0.647. The number of hydrogen-bond acceptors (Lipinski definition) is 3. The molecule has 0 amide bonds. The average molecular weight is 366 g/mol. The number of hydrogen-bond donors (Lipinski definition) is 0. The molecule has 24 heavy (non-hydrogen) atoms. The minimum atomic E-state index is -4.33. The summed E-state index contributed by atoms with van der Waals surface area (Å²) in [5, 5.41) is 0. The molecule has 1 rings (SSSR count). The lowest BCUT2D eigenvalue weighted by molar-refractivity contribution is -0.179. The van der Waals surface area contributed by atoms with Gasteiger partial charge in [0.1, 0.15) is 0 Å². The zero-order valence-corrected chi connectivity index (χ0v) is 14.9. The van der Waals surface area contributed by atoms with Crippen molar-refractivity contribution in [2.24, 2.45) is 5.92 Å². The summed E-state index contributed by atoms with van der Waals surface area (Å²) in [5.74, 6) is -1.53. The van der Waals surface area contributed by atoms with Gasteiger partial charge in [0, 0.05) is 0 Å². The van der Waals surface area contributed by atoms with Crippen molar-refractivity contribution in [1.82, 2.24) is 0 Å². The molecule has 1 unspecified atom stereocenters. The van der Waals surface area contributed by atoms with Gasteiger partial charge in [-0.15, -0.1) is 0 Å². The first-order valence-corrected chi connectivity index (χ1v) is 9.60. The number of unbranched alkanes of at least 4 members (excludes halogenated alkanes) is 3. The lowest BCUT2D eigenvalue weighted by atomic mass is 9.97. The monoisotopic (exact) mass is 366 g/mol. The van der Waals surface area contributed by atoms with Gasteiger partial charge in [0.05, 0.1) is 17.4 Å². The van der Waals surface area contributed by atoms with Gasteiger partial charge in [-0.1, -0.05) is 50.3 Å². The normalized spacial score (nSPS) is 13.9. The number of rotatable bonds is 10. The second-order valence-corrected chi connectivity index (χ2v) is 7.58. The maximum Gasteiger partial charge on any atom is 0.391 e. The molecule has 1 aromatic carbocycles. The Hall–Kier alpha value is -1.08. The van der Waals surface area contributed by atoms with Gasteiger partial charge < -0.3 is 0 Å². The number of alkyl halides is 3. The summed E-state index contributed by atoms with van der Waals surface area (Å²) in [4.78, 5) is -0.0420. The Kier molecular flexibility index (Phi) is 8.22. The summed E-state index contributed by atoms with van der Waals surface area (Å²) in [6.07, 6.45) is -1.56. The molecule has 0 bridgehead atoms. The van der Waals surface area contributed by atoms with Crippen molar-refractivity contribution in [2.45, 2.75) is 63.4 Å². The SMILES string of the molecule is CCCCCCC(CCOS(=O)(=O)c1ccc(C)cc1)C(F)(F)F. The fourth-order valence-corrected chi connectivity index (χ4v) is 3.28. The van der Waals surface area contributed by atoms with E-state index in [0.29, 0.717) is 6.42 Å². The van der Waals surface area contributed by atoms with Crippen LogP contribution in [0.4, 0.5) is 13.2 Å². The minimum Gasteiger partial charge on any atom is -0.266 e. The summed E-state index contributed by atoms with van der Waals surface area (Å²) in [7, 11) is -4.01. The van der Waals surface area contributed by atoms with Crippen molar-refractivity contribution >= 4 is 10.1 Å². The highest BCUT2D eigenvalue weighted by molar-refractivity contribution is 7.86. The van der Waals surface area contributed by atoms with Crippen molar-refractivity contribution in [3.05, 3.63) is 29.8 Å². The first-order chi connectivity index (χ1) is 11.2. The highest BCUT2D eigenvalue weighted by Gasteiger charge is 2.38. The van der Waals surface area contributed by atoms with Gasteiger partial charge >= 0.3 is 6.18 Å². The highest BCUT2D eigenvalue weighted by Crippen LogP contribution is 2.33. The molecule has 7 heteroatoms. The van der Waals surface area contributed by atoms with E-state index in [0.717, 1.165) is 24.8 Å². The van der Waals surface area contributed by atoms with Crippen molar-refractivity contribution in [1.29, 1.82) is 0 Å². The zero-order valence-electron chi connectivity index (χ0n) is 14.1. The Morgan fingerprint density at radius 2 is 1.67 bits per heavy atom. The first kappa shape index (κ1) is 21.0. The largest absolute Gasteiger partial charge is 0.391 e. The van der Waals surface area contributed by atoms with Crippen LogP contribution in [0.5, 0.6) is 0 Å². The van der Waals surface area contributed by atoms with E-state index >= 15 is 0 Å². The molecule has 0 aliphatic rings. The van der Waals surface area contributed by atoms with Crippen LogP contribution in [0.1, 0.15) is 51.0 Å². The van der Waals surface area contributed by atoms with Crippen LogP contribution in [0.3, 0.4) is 0 Å². The predicted molar refractivity (Wildman–Crippen MR) is 87.2 cm³/mol. The third kappa shape index (κ3) is 7.21. The Bertz CT molecular complexity index is 580. The fourth-order valence-electron chi connectivity index (χ4n) is 2.36. The molecular weight excluding hydrogens is 341 g/mol. The Balaban J connectivity index is 2.55.